The summed E-state index contributed by atoms with van der Waals surface area (Å²) in [6.07, 6.45) is 3.77. The van der Waals surface area contributed by atoms with E-state index in [0.29, 0.717) is 0 Å². The van der Waals surface area contributed by atoms with Crippen LogP contribution in [-0.2, 0) is 0 Å². The smallest absolute Gasteiger partial charge is 0.165 e. The average Bonchev–Trinajstić information content (AvgIpc) is 3.73. The van der Waals surface area contributed by atoms with Gasteiger partial charge in [-0.25, -0.2) is 9.97 Å². The fourth-order valence-electron chi connectivity index (χ4n) is 7.80. The Morgan fingerprint density at radius 3 is 1.51 bits per heavy atom. The van der Waals surface area contributed by atoms with Crippen LogP contribution in [0.25, 0.3) is 49.8 Å². The van der Waals surface area contributed by atoms with E-state index >= 15 is 0 Å². The fourth-order valence-corrected chi connectivity index (χ4v) is 7.80. The summed E-state index contributed by atoms with van der Waals surface area (Å²) >= 11 is 0. The van der Waals surface area contributed by atoms with Crippen molar-refractivity contribution in [1.29, 1.82) is 0 Å². The molecule has 2 aliphatic rings. The normalized spacial score (nSPS) is 13.9. The molecule has 2 aliphatic carbocycles. The molecule has 4 aromatic heterocycles. The molecule has 0 spiro atoms. The van der Waals surface area contributed by atoms with Crippen LogP contribution in [0.3, 0.4) is 0 Å². The molecule has 0 saturated heterocycles. The van der Waals surface area contributed by atoms with Crippen molar-refractivity contribution in [2.75, 3.05) is 0 Å². The summed E-state index contributed by atoms with van der Waals surface area (Å²) < 4.78 is 2.33. The summed E-state index contributed by atoms with van der Waals surface area (Å²) in [5.74, 6) is -0.0246. The molecular formula is C39H24N4. The lowest BCUT2D eigenvalue weighted by atomic mass is 9.85. The van der Waals surface area contributed by atoms with E-state index in [0.717, 1.165) is 33.3 Å². The molecule has 200 valence electrons. The van der Waals surface area contributed by atoms with Crippen LogP contribution in [0.5, 0.6) is 0 Å². The van der Waals surface area contributed by atoms with Gasteiger partial charge in [0, 0.05) is 23.2 Å². The van der Waals surface area contributed by atoms with Crippen molar-refractivity contribution in [1.82, 2.24) is 19.4 Å². The second-order valence-corrected chi connectivity index (χ2v) is 11.5. The molecule has 0 atom stereocenters. The highest BCUT2D eigenvalue weighted by Crippen LogP contribution is 2.54. The molecule has 43 heavy (non-hydrogen) atoms. The van der Waals surface area contributed by atoms with E-state index in [1.165, 1.54) is 50.2 Å². The standard InChI is InChI=1S/C39H24N4/c1-5-15-27-23(11-1)24-12-2-6-16-28(24)33(27)36-37(34-29-17-7-3-13-25(29)26-14-4-8-18-30(26)34)43-38-32(20-10-22-41-38)31-19-9-21-40-35(31)39(43)42-36/h1-22,33-34H. The zero-order valence-electron chi connectivity index (χ0n) is 23.1. The van der Waals surface area contributed by atoms with Crippen molar-refractivity contribution in [3.63, 3.8) is 0 Å². The molecule has 0 N–H and O–H groups in total. The van der Waals surface area contributed by atoms with Gasteiger partial charge in [-0.3, -0.25) is 9.38 Å². The number of imidazole rings is 1. The molecule has 4 nitrogen and oxygen atoms in total. The predicted octanol–water partition coefficient (Wildman–Crippen LogP) is 8.75. The largest absolute Gasteiger partial charge is 0.278 e. The lowest BCUT2D eigenvalue weighted by Crippen LogP contribution is -2.11. The molecule has 0 fully saturated rings. The van der Waals surface area contributed by atoms with Crippen LogP contribution >= 0.6 is 0 Å². The minimum atomic E-state index is -0.0141. The zero-order valence-corrected chi connectivity index (χ0v) is 23.1. The van der Waals surface area contributed by atoms with Gasteiger partial charge in [-0.2, -0.15) is 0 Å². The first-order valence-electron chi connectivity index (χ1n) is 14.8. The SMILES string of the molecule is c1ccc2c(c1)-c1ccccc1C2c1nc2c3ncccc3c3cccnc3n2c1C1c2ccccc2-c2ccccc21. The number of rotatable bonds is 2. The minimum Gasteiger partial charge on any atom is -0.278 e. The third kappa shape index (κ3) is 2.97. The molecule has 0 unspecified atom stereocenters. The van der Waals surface area contributed by atoms with E-state index in [-0.39, 0.29) is 11.8 Å². The number of pyridine rings is 3. The molecule has 0 saturated carbocycles. The average molecular weight is 549 g/mol. The third-order valence-electron chi connectivity index (χ3n) is 9.46. The van der Waals surface area contributed by atoms with Crippen LogP contribution in [0.15, 0.2) is 134 Å². The highest BCUT2D eigenvalue weighted by atomic mass is 15.1. The number of fused-ring (bicyclic) bond motifs is 12. The Morgan fingerprint density at radius 1 is 0.442 bits per heavy atom. The lowest BCUT2D eigenvalue weighted by molar-refractivity contribution is 0.864. The maximum Gasteiger partial charge on any atom is 0.165 e. The monoisotopic (exact) mass is 548 g/mol. The molecule has 8 aromatic rings. The molecule has 0 aliphatic heterocycles. The van der Waals surface area contributed by atoms with Crippen molar-refractivity contribution >= 4 is 27.6 Å². The first kappa shape index (κ1) is 23.0. The van der Waals surface area contributed by atoms with E-state index in [1.54, 1.807) is 0 Å². The number of aromatic nitrogens is 4. The van der Waals surface area contributed by atoms with E-state index in [4.69, 9.17) is 15.0 Å². The van der Waals surface area contributed by atoms with Crippen molar-refractivity contribution in [3.8, 4) is 22.3 Å². The molecule has 0 bridgehead atoms. The first-order chi connectivity index (χ1) is 21.4. The quantitative estimate of drug-likeness (QED) is 0.203. The first-order valence-corrected chi connectivity index (χ1v) is 14.8. The highest BCUT2D eigenvalue weighted by molar-refractivity contribution is 6.09. The summed E-state index contributed by atoms with van der Waals surface area (Å²) in [5.41, 5.74) is 15.2. The summed E-state index contributed by atoms with van der Waals surface area (Å²) in [6.45, 7) is 0. The van der Waals surface area contributed by atoms with Crippen molar-refractivity contribution in [3.05, 3.63) is 167 Å². The van der Waals surface area contributed by atoms with E-state index in [1.807, 2.05) is 24.5 Å². The van der Waals surface area contributed by atoms with Crippen LogP contribution in [0, 0.1) is 0 Å². The topological polar surface area (TPSA) is 43.1 Å². The summed E-state index contributed by atoms with van der Waals surface area (Å²) in [5, 5.41) is 2.15. The van der Waals surface area contributed by atoms with Gasteiger partial charge in [0.1, 0.15) is 11.2 Å². The maximum atomic E-state index is 5.62. The number of hydrogen-bond acceptors (Lipinski definition) is 3. The zero-order chi connectivity index (χ0) is 28.1. The Bertz CT molecular complexity index is 2340. The summed E-state index contributed by atoms with van der Waals surface area (Å²) in [4.78, 5) is 15.6. The van der Waals surface area contributed by atoms with Gasteiger partial charge in [0.2, 0.25) is 0 Å². The Morgan fingerprint density at radius 2 is 0.930 bits per heavy atom. The van der Waals surface area contributed by atoms with E-state index in [2.05, 4.69) is 114 Å². The predicted molar refractivity (Wildman–Crippen MR) is 171 cm³/mol. The van der Waals surface area contributed by atoms with Gasteiger partial charge in [-0.05, 0) is 62.7 Å². The molecule has 10 rings (SSSR count). The lowest BCUT2D eigenvalue weighted by Gasteiger charge is -2.20. The molecule has 4 heteroatoms. The minimum absolute atomic E-state index is 0.0105. The Kier molecular flexibility index (Phi) is 4.53. The second kappa shape index (κ2) is 8.46. The third-order valence-corrected chi connectivity index (χ3v) is 9.46. The highest BCUT2D eigenvalue weighted by Gasteiger charge is 2.40. The fraction of sp³-hybridized carbons (Fsp3) is 0.0513. The van der Waals surface area contributed by atoms with Crippen LogP contribution < -0.4 is 0 Å². The maximum absolute atomic E-state index is 5.62. The van der Waals surface area contributed by atoms with Crippen LogP contribution in [0.2, 0.25) is 0 Å². The Labute approximate surface area is 248 Å². The Hall–Kier alpha value is -5.61. The molecule has 0 amide bonds. The van der Waals surface area contributed by atoms with Gasteiger partial charge in [-0.1, -0.05) is 103 Å². The van der Waals surface area contributed by atoms with Crippen molar-refractivity contribution in [2.24, 2.45) is 0 Å². The molecule has 0 radical (unpaired) electrons. The van der Waals surface area contributed by atoms with Gasteiger partial charge in [0.15, 0.2) is 5.65 Å². The van der Waals surface area contributed by atoms with Gasteiger partial charge >= 0.3 is 0 Å². The van der Waals surface area contributed by atoms with Crippen molar-refractivity contribution < 1.29 is 0 Å². The number of nitrogens with zero attached hydrogens (tertiary/aromatic N) is 4. The van der Waals surface area contributed by atoms with Gasteiger partial charge in [0.05, 0.1) is 23.2 Å². The summed E-state index contributed by atoms with van der Waals surface area (Å²) in [6, 6.07) is 43.6. The van der Waals surface area contributed by atoms with Gasteiger partial charge in [0.25, 0.3) is 0 Å². The van der Waals surface area contributed by atoms with Crippen LogP contribution in [0.1, 0.15) is 45.5 Å². The number of benzene rings is 4. The summed E-state index contributed by atoms with van der Waals surface area (Å²) in [7, 11) is 0. The van der Waals surface area contributed by atoms with E-state index in [9.17, 15) is 0 Å². The van der Waals surface area contributed by atoms with Gasteiger partial charge in [-0.15, -0.1) is 0 Å². The van der Waals surface area contributed by atoms with Gasteiger partial charge < -0.3 is 0 Å². The molecule has 4 aromatic carbocycles. The van der Waals surface area contributed by atoms with Crippen LogP contribution in [0.4, 0.5) is 0 Å². The van der Waals surface area contributed by atoms with Crippen LogP contribution in [-0.4, -0.2) is 19.4 Å². The van der Waals surface area contributed by atoms with Crippen molar-refractivity contribution in [2.45, 2.75) is 11.8 Å². The second-order valence-electron chi connectivity index (χ2n) is 11.5. The Balaban J connectivity index is 1.42. The molecule has 4 heterocycles. The molecular weight excluding hydrogens is 524 g/mol. The number of hydrogen-bond donors (Lipinski definition) is 0. The van der Waals surface area contributed by atoms with E-state index < -0.39 is 0 Å².